The average molecular weight is 277 g/mol. The van der Waals surface area contributed by atoms with Gasteiger partial charge in [0.15, 0.2) is 0 Å². The zero-order valence-electron chi connectivity index (χ0n) is 12.2. The maximum atomic E-state index is 11.8. The van der Waals surface area contributed by atoms with Crippen molar-refractivity contribution in [2.45, 2.75) is 39.7 Å². The molecule has 1 aromatic carbocycles. The number of esters is 1. The lowest BCUT2D eigenvalue weighted by atomic mass is 10.0. The first-order chi connectivity index (χ1) is 9.23. The molecule has 5 heteroatoms. The minimum absolute atomic E-state index is 0.00559. The average Bonchev–Trinajstić information content (AvgIpc) is 2.34. The third-order valence-electron chi connectivity index (χ3n) is 2.51. The summed E-state index contributed by atoms with van der Waals surface area (Å²) in [4.78, 5) is 22.1. The SMILES string of the molecule is CC/C(=C/C(=O)OC(C)(C)C)c1cccc([N+](=O)[O-])c1. The van der Waals surface area contributed by atoms with Crippen molar-refractivity contribution in [1.29, 1.82) is 0 Å². The number of carbonyl (C=O) groups excluding carboxylic acids is 1. The number of allylic oxidation sites excluding steroid dienone is 1. The van der Waals surface area contributed by atoms with Crippen molar-refractivity contribution in [2.75, 3.05) is 0 Å². The molecular weight excluding hydrogens is 258 g/mol. The van der Waals surface area contributed by atoms with E-state index in [2.05, 4.69) is 0 Å². The van der Waals surface area contributed by atoms with Gasteiger partial charge in [0.25, 0.3) is 5.69 Å². The van der Waals surface area contributed by atoms with E-state index in [4.69, 9.17) is 4.74 Å². The highest BCUT2D eigenvalue weighted by Gasteiger charge is 2.16. The smallest absolute Gasteiger partial charge is 0.331 e. The van der Waals surface area contributed by atoms with Crippen LogP contribution in [-0.2, 0) is 9.53 Å². The van der Waals surface area contributed by atoms with E-state index in [0.717, 1.165) is 0 Å². The first-order valence-corrected chi connectivity index (χ1v) is 6.41. The fraction of sp³-hybridized carbons (Fsp3) is 0.400. The number of hydrogen-bond acceptors (Lipinski definition) is 4. The molecule has 0 radical (unpaired) electrons. The number of benzene rings is 1. The Balaban J connectivity index is 3.04. The number of nitro benzene ring substituents is 1. The molecule has 0 N–H and O–H groups in total. The van der Waals surface area contributed by atoms with Gasteiger partial charge in [-0.3, -0.25) is 10.1 Å². The quantitative estimate of drug-likeness (QED) is 0.364. The number of nitro groups is 1. The molecular formula is C15H19NO4. The highest BCUT2D eigenvalue weighted by molar-refractivity contribution is 5.91. The number of rotatable bonds is 4. The number of non-ortho nitro benzene ring substituents is 1. The molecule has 0 amide bonds. The summed E-state index contributed by atoms with van der Waals surface area (Å²) in [5.74, 6) is -0.444. The summed E-state index contributed by atoms with van der Waals surface area (Å²) in [5.41, 5.74) is 0.816. The van der Waals surface area contributed by atoms with Crippen molar-refractivity contribution in [3.8, 4) is 0 Å². The maximum absolute atomic E-state index is 11.8. The monoisotopic (exact) mass is 277 g/mol. The van der Waals surface area contributed by atoms with E-state index >= 15 is 0 Å². The third-order valence-corrected chi connectivity index (χ3v) is 2.51. The molecule has 0 aromatic heterocycles. The third kappa shape index (κ3) is 4.84. The van der Waals surface area contributed by atoms with Crippen molar-refractivity contribution >= 4 is 17.2 Å². The number of nitrogens with zero attached hydrogens (tertiary/aromatic N) is 1. The van der Waals surface area contributed by atoms with Gasteiger partial charge in [-0.1, -0.05) is 19.1 Å². The Morgan fingerprint density at radius 1 is 1.40 bits per heavy atom. The van der Waals surface area contributed by atoms with Gasteiger partial charge >= 0.3 is 5.97 Å². The molecule has 0 atom stereocenters. The van der Waals surface area contributed by atoms with Crippen molar-refractivity contribution in [3.05, 3.63) is 46.0 Å². The van der Waals surface area contributed by atoms with Gasteiger partial charge in [0.05, 0.1) is 4.92 Å². The molecule has 0 aliphatic heterocycles. The Bertz CT molecular complexity index is 541. The zero-order chi connectivity index (χ0) is 15.3. The van der Waals surface area contributed by atoms with Gasteiger partial charge in [0, 0.05) is 18.2 Å². The van der Waals surface area contributed by atoms with E-state index in [1.165, 1.54) is 18.2 Å². The van der Waals surface area contributed by atoms with Crippen LogP contribution in [0.25, 0.3) is 5.57 Å². The van der Waals surface area contributed by atoms with Crippen molar-refractivity contribution in [3.63, 3.8) is 0 Å². The van der Waals surface area contributed by atoms with Gasteiger partial charge in [0.1, 0.15) is 5.60 Å². The second kappa shape index (κ2) is 6.32. The highest BCUT2D eigenvalue weighted by atomic mass is 16.6. The molecule has 0 aliphatic carbocycles. The van der Waals surface area contributed by atoms with E-state index in [-0.39, 0.29) is 5.69 Å². The van der Waals surface area contributed by atoms with Crippen LogP contribution < -0.4 is 0 Å². The second-order valence-electron chi connectivity index (χ2n) is 5.36. The highest BCUT2D eigenvalue weighted by Crippen LogP contribution is 2.23. The molecule has 0 saturated carbocycles. The van der Waals surface area contributed by atoms with E-state index < -0.39 is 16.5 Å². The fourth-order valence-electron chi connectivity index (χ4n) is 1.68. The summed E-state index contributed by atoms with van der Waals surface area (Å²) >= 11 is 0. The lowest BCUT2D eigenvalue weighted by Crippen LogP contribution is -2.22. The molecule has 0 unspecified atom stereocenters. The van der Waals surface area contributed by atoms with Crippen LogP contribution in [0.15, 0.2) is 30.3 Å². The number of carbonyl (C=O) groups is 1. The first kappa shape index (κ1) is 15.9. The van der Waals surface area contributed by atoms with Crippen LogP contribution >= 0.6 is 0 Å². The van der Waals surface area contributed by atoms with E-state index in [9.17, 15) is 14.9 Å². The Morgan fingerprint density at radius 3 is 2.55 bits per heavy atom. The Kier molecular flexibility index (Phi) is 5.02. The topological polar surface area (TPSA) is 69.4 Å². The van der Waals surface area contributed by atoms with Gasteiger partial charge in [-0.25, -0.2) is 4.79 Å². The standard InChI is InChI=1S/C15H19NO4/c1-5-11(10-14(17)20-15(2,3)4)12-7-6-8-13(9-12)16(18)19/h6-10H,5H2,1-4H3/b11-10-. The van der Waals surface area contributed by atoms with Crippen LogP contribution in [0.5, 0.6) is 0 Å². The van der Waals surface area contributed by atoms with Crippen LogP contribution in [0.1, 0.15) is 39.7 Å². The minimum Gasteiger partial charge on any atom is -0.457 e. The molecule has 0 fully saturated rings. The molecule has 1 rings (SSSR count). The van der Waals surface area contributed by atoms with Gasteiger partial charge < -0.3 is 4.74 Å². The first-order valence-electron chi connectivity index (χ1n) is 6.41. The largest absolute Gasteiger partial charge is 0.457 e. The fourth-order valence-corrected chi connectivity index (χ4v) is 1.68. The van der Waals surface area contributed by atoms with Crippen LogP contribution in [0, 0.1) is 10.1 Å². The summed E-state index contributed by atoms with van der Waals surface area (Å²) in [6.07, 6.45) is 1.98. The predicted molar refractivity (Wildman–Crippen MR) is 77.2 cm³/mol. The lowest BCUT2D eigenvalue weighted by Gasteiger charge is -2.18. The van der Waals surface area contributed by atoms with Crippen LogP contribution in [0.3, 0.4) is 0 Å². The zero-order valence-corrected chi connectivity index (χ0v) is 12.2. The summed E-state index contributed by atoms with van der Waals surface area (Å²) in [6.45, 7) is 7.25. The number of hydrogen-bond donors (Lipinski definition) is 0. The van der Waals surface area contributed by atoms with Gasteiger partial charge in [0.2, 0.25) is 0 Å². The normalized spacial score (nSPS) is 12.1. The molecule has 0 heterocycles. The summed E-state index contributed by atoms with van der Waals surface area (Å²) < 4.78 is 5.22. The molecule has 5 nitrogen and oxygen atoms in total. The number of ether oxygens (including phenoxy) is 1. The molecule has 0 aliphatic rings. The summed E-state index contributed by atoms with van der Waals surface area (Å²) in [5, 5.41) is 10.8. The molecule has 0 spiro atoms. The maximum Gasteiger partial charge on any atom is 0.331 e. The van der Waals surface area contributed by atoms with Crippen LogP contribution in [0.2, 0.25) is 0 Å². The summed E-state index contributed by atoms with van der Waals surface area (Å²) in [7, 11) is 0. The molecule has 0 saturated heterocycles. The van der Waals surface area contributed by atoms with Crippen molar-refractivity contribution < 1.29 is 14.5 Å². The van der Waals surface area contributed by atoms with Crippen molar-refractivity contribution in [2.24, 2.45) is 0 Å². The van der Waals surface area contributed by atoms with E-state index in [0.29, 0.717) is 17.6 Å². The predicted octanol–water partition coefficient (Wildman–Crippen LogP) is 3.73. The van der Waals surface area contributed by atoms with E-state index in [1.807, 2.05) is 6.92 Å². The minimum atomic E-state index is -0.560. The molecule has 1 aromatic rings. The lowest BCUT2D eigenvalue weighted by molar-refractivity contribution is -0.384. The Morgan fingerprint density at radius 2 is 2.05 bits per heavy atom. The van der Waals surface area contributed by atoms with Crippen LogP contribution in [0.4, 0.5) is 5.69 Å². The van der Waals surface area contributed by atoms with E-state index in [1.54, 1.807) is 32.9 Å². The molecule has 0 bridgehead atoms. The van der Waals surface area contributed by atoms with Crippen molar-refractivity contribution in [1.82, 2.24) is 0 Å². The summed E-state index contributed by atoms with van der Waals surface area (Å²) in [6, 6.07) is 6.22. The van der Waals surface area contributed by atoms with Gasteiger partial charge in [-0.15, -0.1) is 0 Å². The van der Waals surface area contributed by atoms with Crippen LogP contribution in [-0.4, -0.2) is 16.5 Å². The van der Waals surface area contributed by atoms with Gasteiger partial charge in [-0.05, 0) is 38.3 Å². The Hall–Kier alpha value is -2.17. The second-order valence-corrected chi connectivity index (χ2v) is 5.36. The molecule has 20 heavy (non-hydrogen) atoms. The molecule has 108 valence electrons. The Labute approximate surface area is 118 Å². The van der Waals surface area contributed by atoms with Gasteiger partial charge in [-0.2, -0.15) is 0 Å².